The standard InChI is InChI=1S/C21H25N5O8S2/c1-3-5-11(12-8-36-20(22)24-12)16(28)25-14-17(29)26-15(19(30)34-9-33-13(27)4-2)10(6-32-21(23)31)7-35-18(14)26/h5,8,14,18H,3-4,6-7,9H2,1-2H3,(H2,22,24)(H2,23,31)(H,25,28)/b11-5+. The fraction of sp³-hybridized carbons (Fsp3) is 0.429. The third kappa shape index (κ3) is 5.96. The molecule has 2 aliphatic heterocycles. The number of ether oxygens (including phenoxy) is 3. The first-order valence-corrected chi connectivity index (χ1v) is 12.7. The van der Waals surface area contributed by atoms with Gasteiger partial charge in [-0.1, -0.05) is 19.9 Å². The molecule has 2 aliphatic rings. The van der Waals surface area contributed by atoms with Crippen molar-refractivity contribution in [1.29, 1.82) is 0 Å². The van der Waals surface area contributed by atoms with Crippen molar-refractivity contribution < 1.29 is 38.2 Å². The lowest BCUT2D eigenvalue weighted by Crippen LogP contribution is -2.70. The van der Waals surface area contributed by atoms with E-state index in [1.165, 1.54) is 23.1 Å². The average Bonchev–Trinajstić information content (AvgIpc) is 3.28. The van der Waals surface area contributed by atoms with Crippen molar-refractivity contribution in [1.82, 2.24) is 15.2 Å². The maximum atomic E-state index is 13.1. The van der Waals surface area contributed by atoms with Gasteiger partial charge in [0.1, 0.15) is 23.7 Å². The summed E-state index contributed by atoms with van der Waals surface area (Å²) in [6.45, 7) is 2.43. The molecule has 3 rings (SSSR count). The first-order valence-electron chi connectivity index (χ1n) is 10.8. The van der Waals surface area contributed by atoms with Gasteiger partial charge in [-0.05, 0) is 6.42 Å². The fourth-order valence-electron chi connectivity index (χ4n) is 3.41. The van der Waals surface area contributed by atoms with Gasteiger partial charge in [0.2, 0.25) is 6.79 Å². The molecule has 36 heavy (non-hydrogen) atoms. The Morgan fingerprint density at radius 3 is 2.61 bits per heavy atom. The van der Waals surface area contributed by atoms with Gasteiger partial charge in [-0.3, -0.25) is 19.3 Å². The van der Waals surface area contributed by atoms with E-state index < -0.39 is 48.1 Å². The van der Waals surface area contributed by atoms with Gasteiger partial charge in [-0.25, -0.2) is 14.6 Å². The minimum atomic E-state index is -1.06. The number of primary amides is 1. The first kappa shape index (κ1) is 27.0. The van der Waals surface area contributed by atoms with Gasteiger partial charge < -0.3 is 31.0 Å². The van der Waals surface area contributed by atoms with Gasteiger partial charge in [-0.15, -0.1) is 23.1 Å². The monoisotopic (exact) mass is 539 g/mol. The van der Waals surface area contributed by atoms with Crippen molar-refractivity contribution >= 4 is 63.6 Å². The van der Waals surface area contributed by atoms with Crippen LogP contribution in [0.5, 0.6) is 0 Å². The summed E-state index contributed by atoms with van der Waals surface area (Å²) >= 11 is 2.45. The molecule has 194 valence electrons. The number of nitrogens with zero attached hydrogens (tertiary/aromatic N) is 2. The second-order valence-electron chi connectivity index (χ2n) is 7.44. The minimum absolute atomic E-state index is 0.0879. The Balaban J connectivity index is 1.77. The fourth-order valence-corrected chi connectivity index (χ4v) is 5.30. The Morgan fingerprint density at radius 1 is 1.25 bits per heavy atom. The van der Waals surface area contributed by atoms with Crippen molar-refractivity contribution in [2.45, 2.75) is 38.1 Å². The molecule has 1 aromatic heterocycles. The first-order chi connectivity index (χ1) is 17.2. The van der Waals surface area contributed by atoms with E-state index in [1.807, 2.05) is 6.92 Å². The number of nitrogens with one attached hydrogen (secondary N) is 1. The van der Waals surface area contributed by atoms with E-state index in [0.717, 1.165) is 4.90 Å². The predicted molar refractivity (Wildman–Crippen MR) is 130 cm³/mol. The summed E-state index contributed by atoms with van der Waals surface area (Å²) in [5.41, 5.74) is 11.5. The van der Waals surface area contributed by atoms with E-state index in [1.54, 1.807) is 18.4 Å². The van der Waals surface area contributed by atoms with E-state index in [4.69, 9.17) is 25.7 Å². The predicted octanol–water partition coefficient (Wildman–Crippen LogP) is 0.722. The van der Waals surface area contributed by atoms with Crippen molar-refractivity contribution in [2.24, 2.45) is 5.73 Å². The Kier molecular flexibility index (Phi) is 8.93. The zero-order chi connectivity index (χ0) is 26.4. The molecular formula is C21H25N5O8S2. The summed E-state index contributed by atoms with van der Waals surface area (Å²) in [5, 5.41) is 4.03. The number of hydrogen-bond donors (Lipinski definition) is 3. The number of carbonyl (C=O) groups excluding carboxylic acids is 5. The lowest BCUT2D eigenvalue weighted by Gasteiger charge is -2.49. The van der Waals surface area contributed by atoms with Crippen molar-refractivity contribution in [3.05, 3.63) is 28.4 Å². The van der Waals surface area contributed by atoms with Crippen LogP contribution in [0, 0.1) is 0 Å². The van der Waals surface area contributed by atoms with E-state index in [0.29, 0.717) is 17.2 Å². The van der Waals surface area contributed by atoms with Crippen LogP contribution in [0.3, 0.4) is 0 Å². The Bertz CT molecular complexity index is 1130. The van der Waals surface area contributed by atoms with E-state index in [-0.39, 0.29) is 35.6 Å². The molecule has 0 spiro atoms. The van der Waals surface area contributed by atoms with Gasteiger partial charge in [0.25, 0.3) is 11.8 Å². The van der Waals surface area contributed by atoms with Gasteiger partial charge >= 0.3 is 18.0 Å². The second kappa shape index (κ2) is 11.9. The van der Waals surface area contributed by atoms with Crippen LogP contribution in [0.25, 0.3) is 5.57 Å². The molecule has 0 bridgehead atoms. The van der Waals surface area contributed by atoms with Crippen LogP contribution in [0.4, 0.5) is 9.93 Å². The molecule has 1 saturated heterocycles. The lowest BCUT2D eigenvalue weighted by atomic mass is 10.0. The van der Waals surface area contributed by atoms with E-state index in [2.05, 4.69) is 10.3 Å². The number of amides is 3. The maximum absolute atomic E-state index is 13.1. The molecule has 0 radical (unpaired) electrons. The van der Waals surface area contributed by atoms with Gasteiger partial charge in [0.05, 0.1) is 11.3 Å². The zero-order valence-electron chi connectivity index (χ0n) is 19.5. The maximum Gasteiger partial charge on any atom is 0.404 e. The Hall–Kier alpha value is -3.59. The molecule has 1 fully saturated rings. The second-order valence-corrected chi connectivity index (χ2v) is 9.43. The van der Waals surface area contributed by atoms with E-state index >= 15 is 0 Å². The largest absolute Gasteiger partial charge is 0.445 e. The summed E-state index contributed by atoms with van der Waals surface area (Å²) in [5.74, 6) is -2.42. The summed E-state index contributed by atoms with van der Waals surface area (Å²) in [6, 6.07) is -0.932. The molecule has 2 atom stereocenters. The van der Waals surface area contributed by atoms with Crippen LogP contribution in [0.2, 0.25) is 0 Å². The van der Waals surface area contributed by atoms with Crippen LogP contribution in [0.1, 0.15) is 32.4 Å². The number of carbonyl (C=O) groups is 5. The number of thiazole rings is 1. The lowest BCUT2D eigenvalue weighted by molar-refractivity contribution is -0.167. The van der Waals surface area contributed by atoms with Crippen molar-refractivity contribution in [3.63, 3.8) is 0 Å². The molecule has 0 aromatic carbocycles. The number of allylic oxidation sites excluding steroid dienone is 1. The molecule has 15 heteroatoms. The number of fused-ring (bicyclic) bond motifs is 1. The number of anilines is 1. The van der Waals surface area contributed by atoms with Crippen LogP contribution in [0.15, 0.2) is 22.7 Å². The number of rotatable bonds is 10. The summed E-state index contributed by atoms with van der Waals surface area (Å²) in [7, 11) is 0. The van der Waals surface area contributed by atoms with Crippen molar-refractivity contribution in [2.75, 3.05) is 24.9 Å². The molecule has 0 saturated carbocycles. The smallest absolute Gasteiger partial charge is 0.404 e. The molecule has 5 N–H and O–H groups in total. The molecule has 1 aromatic rings. The molecular weight excluding hydrogens is 514 g/mol. The number of aromatic nitrogens is 1. The number of nitrogen functional groups attached to an aromatic ring is 1. The average molecular weight is 540 g/mol. The minimum Gasteiger partial charge on any atom is -0.445 e. The molecule has 3 amide bonds. The summed E-state index contributed by atoms with van der Waals surface area (Å²) in [4.78, 5) is 66.6. The summed E-state index contributed by atoms with van der Waals surface area (Å²) in [6.07, 6.45) is 1.26. The van der Waals surface area contributed by atoms with Crippen LogP contribution < -0.4 is 16.8 Å². The molecule has 0 aliphatic carbocycles. The summed E-state index contributed by atoms with van der Waals surface area (Å²) < 4.78 is 14.6. The number of esters is 2. The topological polar surface area (TPSA) is 193 Å². The number of nitrogens with two attached hydrogens (primary N) is 2. The third-order valence-corrected chi connectivity index (χ3v) is 7.08. The highest BCUT2D eigenvalue weighted by atomic mass is 32.2. The van der Waals surface area contributed by atoms with Gasteiger partial charge in [0.15, 0.2) is 5.13 Å². The molecule has 13 nitrogen and oxygen atoms in total. The zero-order valence-corrected chi connectivity index (χ0v) is 21.1. The normalized spacial score (nSPS) is 19.2. The quantitative estimate of drug-likeness (QED) is 0.164. The van der Waals surface area contributed by atoms with Crippen LogP contribution in [-0.2, 0) is 33.4 Å². The SMILES string of the molecule is CC/C=C(/C(=O)NC1C(=O)N2C(C(=O)OCOC(=O)CC)=C(COC(N)=O)CSC12)c1csc(N)n1. The van der Waals surface area contributed by atoms with Crippen molar-refractivity contribution in [3.8, 4) is 0 Å². The Morgan fingerprint density at radius 2 is 2.00 bits per heavy atom. The van der Waals surface area contributed by atoms with Crippen LogP contribution in [-0.4, -0.2) is 70.3 Å². The highest BCUT2D eigenvalue weighted by Gasteiger charge is 2.54. The number of β-lactam (4-membered cyclic amide) rings is 1. The third-order valence-electron chi connectivity index (χ3n) is 5.07. The number of thioether (sulfide) groups is 1. The highest BCUT2D eigenvalue weighted by molar-refractivity contribution is 8.00. The number of hydrogen-bond acceptors (Lipinski definition) is 12. The van der Waals surface area contributed by atoms with Gasteiger partial charge in [0, 0.05) is 23.1 Å². The molecule has 3 heterocycles. The van der Waals surface area contributed by atoms with Gasteiger partial charge in [-0.2, -0.15) is 0 Å². The van der Waals surface area contributed by atoms with Crippen LogP contribution >= 0.6 is 23.1 Å². The van der Waals surface area contributed by atoms with E-state index in [9.17, 15) is 24.0 Å². The molecule has 2 unspecified atom stereocenters. The Labute approximate surface area is 214 Å². The highest BCUT2D eigenvalue weighted by Crippen LogP contribution is 2.41.